The first-order chi connectivity index (χ1) is 8.20. The fourth-order valence-electron chi connectivity index (χ4n) is 1.54. The van der Waals surface area contributed by atoms with E-state index in [-0.39, 0.29) is 12.1 Å². The molecule has 102 valence electrons. The van der Waals surface area contributed by atoms with Gasteiger partial charge in [0.1, 0.15) is 5.78 Å². The van der Waals surface area contributed by atoms with Crippen LogP contribution in [0.2, 0.25) is 0 Å². The van der Waals surface area contributed by atoms with Gasteiger partial charge < -0.3 is 14.8 Å². The molecule has 0 saturated carbocycles. The molecule has 0 heterocycles. The average Bonchev–Trinajstić information content (AvgIpc) is 2.28. The summed E-state index contributed by atoms with van der Waals surface area (Å²) >= 11 is 0. The lowest BCUT2D eigenvalue weighted by Gasteiger charge is -2.16. The Morgan fingerprint density at radius 1 is 1.12 bits per heavy atom. The highest BCUT2D eigenvalue weighted by molar-refractivity contribution is 5.75. The Hall–Kier alpha value is -0.450. The second kappa shape index (κ2) is 12.0. The molecule has 0 saturated heterocycles. The number of rotatable bonds is 12. The lowest BCUT2D eigenvalue weighted by atomic mass is 10.2. The molecule has 0 aliphatic carbocycles. The molecule has 4 heteroatoms. The number of nitrogens with one attached hydrogen (secondary N) is 1. The molecule has 0 fully saturated rings. The van der Waals surface area contributed by atoms with E-state index in [0.29, 0.717) is 19.6 Å². The number of ether oxygens (including phenoxy) is 2. The van der Waals surface area contributed by atoms with Crippen LogP contribution >= 0.6 is 0 Å². The molecular weight excluding hydrogens is 218 g/mol. The third-order valence-corrected chi connectivity index (χ3v) is 2.40. The molecule has 17 heavy (non-hydrogen) atoms. The summed E-state index contributed by atoms with van der Waals surface area (Å²) in [6.45, 7) is 8.72. The van der Waals surface area contributed by atoms with Crippen molar-refractivity contribution in [3.63, 3.8) is 0 Å². The van der Waals surface area contributed by atoms with E-state index in [9.17, 15) is 4.79 Å². The largest absolute Gasteiger partial charge is 0.353 e. The molecule has 0 amide bonds. The van der Waals surface area contributed by atoms with Crippen LogP contribution < -0.4 is 5.32 Å². The summed E-state index contributed by atoms with van der Waals surface area (Å²) in [6, 6.07) is 0. The van der Waals surface area contributed by atoms with E-state index in [4.69, 9.17) is 9.47 Å². The zero-order valence-corrected chi connectivity index (χ0v) is 11.5. The van der Waals surface area contributed by atoms with Gasteiger partial charge in [0.25, 0.3) is 0 Å². The summed E-state index contributed by atoms with van der Waals surface area (Å²) in [5.74, 6) is 0.241. The van der Waals surface area contributed by atoms with Crippen molar-refractivity contribution in [2.45, 2.75) is 52.7 Å². The van der Waals surface area contributed by atoms with E-state index in [1.807, 2.05) is 13.8 Å². The van der Waals surface area contributed by atoms with E-state index in [2.05, 4.69) is 5.32 Å². The van der Waals surface area contributed by atoms with Crippen molar-refractivity contribution >= 4 is 5.78 Å². The number of carbonyl (C=O) groups is 1. The minimum Gasteiger partial charge on any atom is -0.353 e. The monoisotopic (exact) mass is 245 g/mol. The second-order valence-electron chi connectivity index (χ2n) is 4.04. The normalized spacial score (nSPS) is 11.1. The van der Waals surface area contributed by atoms with Gasteiger partial charge in [-0.05, 0) is 46.6 Å². The number of Topliss-reactive ketones (excluding diaryl/α,β-unsaturated/α-hetero) is 1. The first kappa shape index (κ1) is 16.6. The number of carbonyl (C=O) groups excluding carboxylic acids is 1. The smallest absolute Gasteiger partial charge is 0.157 e. The van der Waals surface area contributed by atoms with Crippen molar-refractivity contribution < 1.29 is 14.3 Å². The molecule has 0 unspecified atom stereocenters. The number of ketones is 1. The average molecular weight is 245 g/mol. The molecule has 0 spiro atoms. The Kier molecular flexibility index (Phi) is 11.7. The molecule has 0 aromatic carbocycles. The van der Waals surface area contributed by atoms with E-state index in [0.717, 1.165) is 32.4 Å². The molecule has 0 aliphatic heterocycles. The van der Waals surface area contributed by atoms with Crippen LogP contribution in [-0.4, -0.2) is 38.4 Å². The van der Waals surface area contributed by atoms with Gasteiger partial charge in [-0.25, -0.2) is 0 Å². The van der Waals surface area contributed by atoms with Crippen LogP contribution in [-0.2, 0) is 14.3 Å². The van der Waals surface area contributed by atoms with Gasteiger partial charge in [-0.3, -0.25) is 4.79 Å². The zero-order chi connectivity index (χ0) is 12.9. The molecule has 0 radical (unpaired) electrons. The highest BCUT2D eigenvalue weighted by Gasteiger charge is 2.06. The van der Waals surface area contributed by atoms with Gasteiger partial charge in [0.2, 0.25) is 0 Å². The van der Waals surface area contributed by atoms with Crippen LogP contribution in [0.3, 0.4) is 0 Å². The molecule has 0 aromatic rings. The number of unbranched alkanes of at least 4 members (excludes halogenated alkanes) is 1. The van der Waals surface area contributed by atoms with Gasteiger partial charge in [0.05, 0.1) is 0 Å². The first-order valence-electron chi connectivity index (χ1n) is 6.64. The van der Waals surface area contributed by atoms with Crippen molar-refractivity contribution in [3.8, 4) is 0 Å². The van der Waals surface area contributed by atoms with Gasteiger partial charge in [0, 0.05) is 26.2 Å². The topological polar surface area (TPSA) is 47.6 Å². The molecule has 4 nitrogen and oxygen atoms in total. The van der Waals surface area contributed by atoms with Gasteiger partial charge in [-0.2, -0.15) is 0 Å². The van der Waals surface area contributed by atoms with Crippen LogP contribution in [0.4, 0.5) is 0 Å². The minimum atomic E-state index is -0.0535. The summed E-state index contributed by atoms with van der Waals surface area (Å²) in [7, 11) is 0. The highest BCUT2D eigenvalue weighted by Crippen LogP contribution is 2.06. The van der Waals surface area contributed by atoms with E-state index < -0.39 is 0 Å². The van der Waals surface area contributed by atoms with Crippen LogP contribution in [0.15, 0.2) is 0 Å². The Morgan fingerprint density at radius 2 is 1.76 bits per heavy atom. The van der Waals surface area contributed by atoms with Crippen LogP contribution in [0.25, 0.3) is 0 Å². The van der Waals surface area contributed by atoms with Crippen LogP contribution in [0, 0.1) is 0 Å². The standard InChI is InChI=1S/C13H27NO3/c1-4-16-13(17-5-2)8-6-7-10-14-11-9-12(3)15/h13-14H,4-11H2,1-3H3. The van der Waals surface area contributed by atoms with Crippen LogP contribution in [0.5, 0.6) is 0 Å². The Labute approximate surface area is 105 Å². The SMILES string of the molecule is CCOC(CCCCNCCC(C)=O)OCC. The second-order valence-corrected chi connectivity index (χ2v) is 4.04. The minimum absolute atomic E-state index is 0.0535. The van der Waals surface area contributed by atoms with Gasteiger partial charge >= 0.3 is 0 Å². The summed E-state index contributed by atoms with van der Waals surface area (Å²) in [6.07, 6.45) is 3.69. The Morgan fingerprint density at radius 3 is 2.29 bits per heavy atom. The van der Waals surface area contributed by atoms with Gasteiger partial charge in [0.15, 0.2) is 6.29 Å². The summed E-state index contributed by atoms with van der Waals surface area (Å²) in [4.78, 5) is 10.7. The molecule has 0 bridgehead atoms. The predicted octanol–water partition coefficient (Wildman–Crippen LogP) is 2.12. The quantitative estimate of drug-likeness (QED) is 0.422. The molecule has 0 aliphatic rings. The Bertz CT molecular complexity index is 180. The van der Waals surface area contributed by atoms with Gasteiger partial charge in [-0.1, -0.05) is 0 Å². The lowest BCUT2D eigenvalue weighted by molar-refractivity contribution is -0.140. The maximum Gasteiger partial charge on any atom is 0.157 e. The third kappa shape index (κ3) is 11.8. The van der Waals surface area contributed by atoms with Crippen molar-refractivity contribution in [1.29, 1.82) is 0 Å². The maximum absolute atomic E-state index is 10.7. The highest BCUT2D eigenvalue weighted by atomic mass is 16.7. The third-order valence-electron chi connectivity index (χ3n) is 2.40. The summed E-state index contributed by atoms with van der Waals surface area (Å²) in [5.41, 5.74) is 0. The van der Waals surface area contributed by atoms with Crippen molar-refractivity contribution in [2.24, 2.45) is 0 Å². The van der Waals surface area contributed by atoms with E-state index in [1.165, 1.54) is 0 Å². The zero-order valence-electron chi connectivity index (χ0n) is 11.5. The predicted molar refractivity (Wildman–Crippen MR) is 69.1 cm³/mol. The summed E-state index contributed by atoms with van der Waals surface area (Å²) in [5, 5.41) is 3.25. The molecule has 0 aromatic heterocycles. The molecular formula is C13H27NO3. The first-order valence-corrected chi connectivity index (χ1v) is 6.64. The summed E-state index contributed by atoms with van der Waals surface area (Å²) < 4.78 is 10.9. The van der Waals surface area contributed by atoms with E-state index >= 15 is 0 Å². The fourth-order valence-corrected chi connectivity index (χ4v) is 1.54. The molecule has 1 N–H and O–H groups in total. The van der Waals surface area contributed by atoms with Crippen molar-refractivity contribution in [3.05, 3.63) is 0 Å². The number of hydrogen-bond donors (Lipinski definition) is 1. The van der Waals surface area contributed by atoms with Gasteiger partial charge in [-0.15, -0.1) is 0 Å². The molecule has 0 atom stereocenters. The Balaban J connectivity index is 3.32. The lowest BCUT2D eigenvalue weighted by Crippen LogP contribution is -2.20. The fraction of sp³-hybridized carbons (Fsp3) is 0.923. The van der Waals surface area contributed by atoms with Crippen molar-refractivity contribution in [1.82, 2.24) is 5.32 Å². The number of hydrogen-bond acceptors (Lipinski definition) is 4. The maximum atomic E-state index is 10.7. The molecule has 0 rings (SSSR count). The van der Waals surface area contributed by atoms with E-state index in [1.54, 1.807) is 6.92 Å². The van der Waals surface area contributed by atoms with Crippen LogP contribution in [0.1, 0.15) is 46.5 Å². The van der Waals surface area contributed by atoms with Crippen molar-refractivity contribution in [2.75, 3.05) is 26.3 Å².